The fraction of sp³-hybridized carbons (Fsp3) is 0.100. The van der Waals surface area contributed by atoms with Gasteiger partial charge in [0.05, 0.1) is 16.6 Å². The third-order valence-electron chi connectivity index (χ3n) is 4.12. The first-order valence-corrected chi connectivity index (χ1v) is 9.86. The maximum Gasteiger partial charge on any atom is 0.501 e. The maximum absolute atomic E-state index is 12.7. The van der Waals surface area contributed by atoms with Crippen LogP contribution in [0.25, 0.3) is 0 Å². The molecule has 150 valence electrons. The van der Waals surface area contributed by atoms with Gasteiger partial charge in [-0.25, -0.2) is 8.42 Å². The van der Waals surface area contributed by atoms with Gasteiger partial charge in [0, 0.05) is 11.8 Å². The minimum atomic E-state index is -5.47. The normalized spacial score (nSPS) is 12.9. The number of benzene rings is 2. The summed E-state index contributed by atoms with van der Waals surface area (Å²) in [5, 5.41) is 2.78. The Morgan fingerprint density at radius 1 is 0.897 bits per heavy atom. The molecule has 3 rings (SSSR count). The lowest BCUT2D eigenvalue weighted by Gasteiger charge is -2.19. The van der Waals surface area contributed by atoms with E-state index in [2.05, 4.69) is 10.3 Å². The summed E-state index contributed by atoms with van der Waals surface area (Å²) in [6.07, 6.45) is 1.58. The van der Waals surface area contributed by atoms with Gasteiger partial charge in [0.15, 0.2) is 0 Å². The fourth-order valence-electron chi connectivity index (χ4n) is 2.65. The van der Waals surface area contributed by atoms with Crippen molar-refractivity contribution >= 4 is 15.7 Å². The molecule has 0 spiro atoms. The number of hydrogen-bond acceptors (Lipinski definition) is 4. The van der Waals surface area contributed by atoms with Gasteiger partial charge in [0.2, 0.25) is 0 Å². The topological polar surface area (TPSA) is 76.1 Å². The molecule has 0 fully saturated rings. The molecule has 0 aliphatic carbocycles. The van der Waals surface area contributed by atoms with Gasteiger partial charge in [-0.15, -0.1) is 0 Å². The SMILES string of the molecule is O=C(NC(c1ccccc1)c1ccccn1)c1ccc(S(=O)(=O)C(F)(F)F)cc1. The van der Waals surface area contributed by atoms with Crippen molar-refractivity contribution in [3.63, 3.8) is 0 Å². The lowest BCUT2D eigenvalue weighted by Crippen LogP contribution is -2.30. The Morgan fingerprint density at radius 2 is 1.52 bits per heavy atom. The van der Waals surface area contributed by atoms with Gasteiger partial charge in [0.1, 0.15) is 0 Å². The van der Waals surface area contributed by atoms with Crippen LogP contribution in [0.5, 0.6) is 0 Å². The van der Waals surface area contributed by atoms with Crippen LogP contribution in [0.4, 0.5) is 13.2 Å². The fourth-order valence-corrected chi connectivity index (χ4v) is 3.42. The molecule has 1 amide bonds. The van der Waals surface area contributed by atoms with Crippen LogP contribution in [0, 0.1) is 0 Å². The Bertz CT molecular complexity index is 1050. The summed E-state index contributed by atoms with van der Waals surface area (Å²) < 4.78 is 60.9. The lowest BCUT2D eigenvalue weighted by molar-refractivity contribution is -0.0436. The molecule has 1 unspecified atom stereocenters. The van der Waals surface area contributed by atoms with E-state index in [0.717, 1.165) is 29.8 Å². The molecule has 1 atom stereocenters. The molecule has 3 aromatic rings. The van der Waals surface area contributed by atoms with E-state index in [1.54, 1.807) is 48.7 Å². The van der Waals surface area contributed by atoms with E-state index in [1.807, 2.05) is 6.07 Å². The minimum absolute atomic E-state index is 0.0167. The van der Waals surface area contributed by atoms with E-state index in [1.165, 1.54) is 0 Å². The van der Waals surface area contributed by atoms with E-state index < -0.39 is 32.2 Å². The highest BCUT2D eigenvalue weighted by atomic mass is 32.2. The number of carbonyl (C=O) groups excluding carboxylic acids is 1. The quantitative estimate of drug-likeness (QED) is 0.679. The number of sulfone groups is 1. The summed E-state index contributed by atoms with van der Waals surface area (Å²) >= 11 is 0. The molecule has 0 aliphatic heterocycles. The Morgan fingerprint density at radius 3 is 2.07 bits per heavy atom. The molecule has 9 heteroatoms. The molecular formula is C20H15F3N2O3S. The first-order chi connectivity index (χ1) is 13.7. The number of hydrogen-bond donors (Lipinski definition) is 1. The molecule has 0 saturated carbocycles. The maximum atomic E-state index is 12.7. The standard InChI is InChI=1S/C20H15F3N2O3S/c21-20(22,23)29(27,28)16-11-9-15(10-12-16)19(26)25-18(14-6-2-1-3-7-14)17-8-4-5-13-24-17/h1-13,18H,(H,25,26). The second kappa shape index (κ2) is 8.04. The van der Waals surface area contributed by atoms with E-state index in [9.17, 15) is 26.4 Å². The minimum Gasteiger partial charge on any atom is -0.340 e. The highest BCUT2D eigenvalue weighted by Gasteiger charge is 2.46. The Hall–Kier alpha value is -3.20. The van der Waals surface area contributed by atoms with E-state index >= 15 is 0 Å². The van der Waals surface area contributed by atoms with Crippen molar-refractivity contribution in [3.05, 3.63) is 95.8 Å². The second-order valence-electron chi connectivity index (χ2n) is 6.05. The van der Waals surface area contributed by atoms with Crippen LogP contribution < -0.4 is 5.32 Å². The molecule has 1 heterocycles. The molecule has 0 saturated heterocycles. The van der Waals surface area contributed by atoms with Crippen LogP contribution in [-0.4, -0.2) is 24.8 Å². The number of nitrogens with zero attached hydrogens (tertiary/aromatic N) is 1. The molecule has 0 aliphatic rings. The summed E-state index contributed by atoms with van der Waals surface area (Å²) in [5.41, 5.74) is -4.06. The zero-order chi connectivity index (χ0) is 21.1. The first kappa shape index (κ1) is 20.5. The largest absolute Gasteiger partial charge is 0.501 e. The van der Waals surface area contributed by atoms with Gasteiger partial charge in [0.25, 0.3) is 15.7 Å². The molecule has 29 heavy (non-hydrogen) atoms. The molecule has 1 aromatic heterocycles. The third kappa shape index (κ3) is 4.45. The van der Waals surface area contributed by atoms with Crippen LogP contribution >= 0.6 is 0 Å². The number of rotatable bonds is 5. The number of pyridine rings is 1. The van der Waals surface area contributed by atoms with Crippen LogP contribution in [0.3, 0.4) is 0 Å². The van der Waals surface area contributed by atoms with Crippen molar-refractivity contribution in [2.75, 3.05) is 0 Å². The number of carbonyl (C=O) groups is 1. The molecule has 5 nitrogen and oxygen atoms in total. The molecule has 0 radical (unpaired) electrons. The van der Waals surface area contributed by atoms with Gasteiger partial charge in [-0.2, -0.15) is 13.2 Å². The molecule has 0 bridgehead atoms. The summed E-state index contributed by atoms with van der Waals surface area (Å²) in [6.45, 7) is 0. The predicted octanol–water partition coefficient (Wildman–Crippen LogP) is 3.89. The average Bonchev–Trinajstić information content (AvgIpc) is 2.72. The third-order valence-corrected chi connectivity index (χ3v) is 5.63. The summed E-state index contributed by atoms with van der Waals surface area (Å²) in [7, 11) is -5.47. The molecular weight excluding hydrogens is 405 g/mol. The zero-order valence-corrected chi connectivity index (χ0v) is 15.6. The molecule has 1 N–H and O–H groups in total. The monoisotopic (exact) mass is 420 g/mol. The zero-order valence-electron chi connectivity index (χ0n) is 14.8. The smallest absolute Gasteiger partial charge is 0.340 e. The van der Waals surface area contributed by atoms with E-state index in [-0.39, 0.29) is 5.56 Å². The lowest BCUT2D eigenvalue weighted by atomic mass is 10.0. The van der Waals surface area contributed by atoms with Gasteiger partial charge in [-0.05, 0) is 42.0 Å². The van der Waals surface area contributed by atoms with E-state index in [4.69, 9.17) is 0 Å². The van der Waals surface area contributed by atoms with Crippen molar-refractivity contribution in [2.24, 2.45) is 0 Å². The van der Waals surface area contributed by atoms with Crippen molar-refractivity contribution < 1.29 is 26.4 Å². The Kier molecular flexibility index (Phi) is 5.69. The van der Waals surface area contributed by atoms with Crippen LogP contribution in [0.2, 0.25) is 0 Å². The van der Waals surface area contributed by atoms with Crippen molar-refractivity contribution in [2.45, 2.75) is 16.4 Å². The summed E-state index contributed by atoms with van der Waals surface area (Å²) in [5.74, 6) is -0.583. The van der Waals surface area contributed by atoms with Crippen molar-refractivity contribution in [1.82, 2.24) is 10.3 Å². The number of alkyl halides is 3. The summed E-state index contributed by atoms with van der Waals surface area (Å²) in [6, 6.07) is 17.3. The van der Waals surface area contributed by atoms with Crippen molar-refractivity contribution in [1.29, 1.82) is 0 Å². The first-order valence-electron chi connectivity index (χ1n) is 8.38. The van der Waals surface area contributed by atoms with Gasteiger partial charge >= 0.3 is 5.51 Å². The van der Waals surface area contributed by atoms with Crippen LogP contribution in [0.15, 0.2) is 83.9 Å². The number of amides is 1. The number of halogens is 3. The predicted molar refractivity (Wildman–Crippen MR) is 99.7 cm³/mol. The van der Waals surface area contributed by atoms with E-state index in [0.29, 0.717) is 5.69 Å². The van der Waals surface area contributed by atoms with Crippen molar-refractivity contribution in [3.8, 4) is 0 Å². The van der Waals surface area contributed by atoms with Crippen LogP contribution in [0.1, 0.15) is 27.7 Å². The number of nitrogens with one attached hydrogen (secondary N) is 1. The number of aromatic nitrogens is 1. The van der Waals surface area contributed by atoms with Crippen LogP contribution in [-0.2, 0) is 9.84 Å². The second-order valence-corrected chi connectivity index (χ2v) is 7.99. The Balaban J connectivity index is 1.87. The average molecular weight is 420 g/mol. The Labute approximate surface area is 165 Å². The highest BCUT2D eigenvalue weighted by Crippen LogP contribution is 2.30. The van der Waals surface area contributed by atoms with Gasteiger partial charge in [-0.3, -0.25) is 9.78 Å². The summed E-state index contributed by atoms with van der Waals surface area (Å²) in [4.78, 5) is 16.0. The van der Waals surface area contributed by atoms with Gasteiger partial charge in [-0.1, -0.05) is 36.4 Å². The molecule has 2 aromatic carbocycles. The van der Waals surface area contributed by atoms with Gasteiger partial charge < -0.3 is 5.32 Å². The highest BCUT2D eigenvalue weighted by molar-refractivity contribution is 7.92.